The summed E-state index contributed by atoms with van der Waals surface area (Å²) in [4.78, 5) is 4.07. The highest BCUT2D eigenvalue weighted by atomic mass is 15.1. The van der Waals surface area contributed by atoms with Gasteiger partial charge in [0.15, 0.2) is 0 Å². The Balaban J connectivity index is 2.04. The molecule has 1 aromatic heterocycles. The average Bonchev–Trinajstić information content (AvgIpc) is 2.83. The van der Waals surface area contributed by atoms with Crippen LogP contribution in [0.1, 0.15) is 23.6 Å². The fourth-order valence-electron chi connectivity index (χ4n) is 2.37. The molecule has 0 saturated carbocycles. The summed E-state index contributed by atoms with van der Waals surface area (Å²) in [7, 11) is 0. The third-order valence-electron chi connectivity index (χ3n) is 3.08. The number of imidazole rings is 1. The van der Waals surface area contributed by atoms with E-state index in [9.17, 15) is 0 Å². The molecule has 15 heavy (non-hydrogen) atoms. The Hall–Kier alpha value is -1.77. The van der Waals surface area contributed by atoms with Crippen LogP contribution in [-0.2, 0) is 6.42 Å². The molecule has 1 aliphatic rings. The molecule has 0 aliphatic heterocycles. The molecule has 1 heterocycles. The van der Waals surface area contributed by atoms with Gasteiger partial charge < -0.3 is 10.3 Å². The monoisotopic (exact) mass is 199 g/mol. The fraction of sp³-hybridized carbons (Fsp3) is 0.250. The van der Waals surface area contributed by atoms with Crippen LogP contribution in [0.5, 0.6) is 0 Å². The third-order valence-corrected chi connectivity index (χ3v) is 3.08. The lowest BCUT2D eigenvalue weighted by atomic mass is 10.1. The molecule has 0 amide bonds. The van der Waals surface area contributed by atoms with Crippen LogP contribution < -0.4 is 5.73 Å². The van der Waals surface area contributed by atoms with E-state index in [4.69, 9.17) is 5.73 Å². The van der Waals surface area contributed by atoms with Gasteiger partial charge in [0, 0.05) is 6.20 Å². The summed E-state index contributed by atoms with van der Waals surface area (Å²) in [5, 5.41) is 0. The molecule has 1 aliphatic carbocycles. The second kappa shape index (κ2) is 3.12. The highest BCUT2D eigenvalue weighted by molar-refractivity contribution is 5.36. The Morgan fingerprint density at radius 1 is 1.33 bits per heavy atom. The van der Waals surface area contributed by atoms with Gasteiger partial charge in [0.1, 0.15) is 5.82 Å². The minimum atomic E-state index is 0.422. The fourth-order valence-corrected chi connectivity index (χ4v) is 2.37. The van der Waals surface area contributed by atoms with E-state index in [1.165, 1.54) is 11.1 Å². The van der Waals surface area contributed by atoms with Gasteiger partial charge in [-0.2, -0.15) is 0 Å². The number of benzene rings is 1. The molecule has 1 aromatic carbocycles. The van der Waals surface area contributed by atoms with Crippen molar-refractivity contribution in [2.45, 2.75) is 18.9 Å². The molecule has 0 radical (unpaired) electrons. The first kappa shape index (κ1) is 8.53. The van der Waals surface area contributed by atoms with E-state index >= 15 is 0 Å². The number of hydrogen-bond acceptors (Lipinski definition) is 2. The first-order chi connectivity index (χ1) is 7.34. The summed E-state index contributed by atoms with van der Waals surface area (Å²) in [6.07, 6.45) is 6.03. The maximum atomic E-state index is 5.63. The Labute approximate surface area is 88.6 Å². The quantitative estimate of drug-likeness (QED) is 0.763. The van der Waals surface area contributed by atoms with Gasteiger partial charge in [-0.25, -0.2) is 4.98 Å². The van der Waals surface area contributed by atoms with Crippen molar-refractivity contribution in [3.8, 4) is 0 Å². The molecule has 3 nitrogen and oxygen atoms in total. The van der Waals surface area contributed by atoms with Crippen LogP contribution >= 0.6 is 0 Å². The maximum Gasteiger partial charge on any atom is 0.141 e. The molecule has 0 saturated heterocycles. The number of rotatable bonds is 1. The number of nitrogens with zero attached hydrogens (tertiary/aromatic N) is 2. The van der Waals surface area contributed by atoms with E-state index in [1.54, 1.807) is 0 Å². The lowest BCUT2D eigenvalue weighted by molar-refractivity contribution is 0.579. The van der Waals surface area contributed by atoms with E-state index in [-0.39, 0.29) is 0 Å². The van der Waals surface area contributed by atoms with Crippen LogP contribution in [0.2, 0.25) is 0 Å². The van der Waals surface area contributed by atoms with E-state index in [0.717, 1.165) is 12.8 Å². The minimum Gasteiger partial charge on any atom is -0.382 e. The van der Waals surface area contributed by atoms with E-state index in [1.807, 2.05) is 12.5 Å². The summed E-state index contributed by atoms with van der Waals surface area (Å²) in [5.41, 5.74) is 8.50. The molecule has 2 N–H and O–H groups in total. The SMILES string of the molecule is Nc1cn(C2CCc3ccccc32)cn1. The van der Waals surface area contributed by atoms with Crippen molar-refractivity contribution in [1.29, 1.82) is 0 Å². The third kappa shape index (κ3) is 1.31. The lowest BCUT2D eigenvalue weighted by Crippen LogP contribution is -2.04. The Morgan fingerprint density at radius 3 is 3.00 bits per heavy atom. The number of anilines is 1. The minimum absolute atomic E-state index is 0.422. The Morgan fingerprint density at radius 2 is 2.20 bits per heavy atom. The molecule has 3 rings (SSSR count). The highest BCUT2D eigenvalue weighted by Gasteiger charge is 2.22. The highest BCUT2D eigenvalue weighted by Crippen LogP contribution is 2.33. The van der Waals surface area contributed by atoms with E-state index in [2.05, 4.69) is 33.8 Å². The lowest BCUT2D eigenvalue weighted by Gasteiger charge is -2.12. The van der Waals surface area contributed by atoms with Crippen LogP contribution in [0, 0.1) is 0 Å². The van der Waals surface area contributed by atoms with Crippen molar-refractivity contribution >= 4 is 5.82 Å². The van der Waals surface area contributed by atoms with Crippen LogP contribution in [0.15, 0.2) is 36.8 Å². The summed E-state index contributed by atoms with van der Waals surface area (Å²) >= 11 is 0. The van der Waals surface area contributed by atoms with Crippen LogP contribution in [-0.4, -0.2) is 9.55 Å². The van der Waals surface area contributed by atoms with Crippen molar-refractivity contribution in [3.63, 3.8) is 0 Å². The predicted octanol–water partition coefficient (Wildman–Crippen LogP) is 2.00. The van der Waals surface area contributed by atoms with Gasteiger partial charge in [-0.05, 0) is 24.0 Å². The number of aromatic nitrogens is 2. The Kier molecular flexibility index (Phi) is 1.78. The second-order valence-electron chi connectivity index (χ2n) is 4.00. The van der Waals surface area contributed by atoms with Crippen LogP contribution in [0.3, 0.4) is 0 Å². The van der Waals surface area contributed by atoms with E-state index < -0.39 is 0 Å². The van der Waals surface area contributed by atoms with E-state index in [0.29, 0.717) is 11.9 Å². The van der Waals surface area contributed by atoms with Gasteiger partial charge in [-0.3, -0.25) is 0 Å². The van der Waals surface area contributed by atoms with Crippen molar-refractivity contribution in [3.05, 3.63) is 47.9 Å². The first-order valence-electron chi connectivity index (χ1n) is 5.21. The molecule has 1 atom stereocenters. The zero-order valence-electron chi connectivity index (χ0n) is 8.43. The number of nitrogens with two attached hydrogens (primary N) is 1. The molecular formula is C12H13N3. The molecule has 3 heteroatoms. The topological polar surface area (TPSA) is 43.8 Å². The average molecular weight is 199 g/mol. The van der Waals surface area contributed by atoms with Crippen molar-refractivity contribution < 1.29 is 0 Å². The van der Waals surface area contributed by atoms with Crippen LogP contribution in [0.4, 0.5) is 5.82 Å². The summed E-state index contributed by atoms with van der Waals surface area (Å²) in [6.45, 7) is 0. The van der Waals surface area contributed by atoms with Gasteiger partial charge in [-0.1, -0.05) is 24.3 Å². The standard InChI is InChI=1S/C12H13N3/c13-12-7-15(8-14-12)11-6-5-9-3-1-2-4-10(9)11/h1-4,7-8,11H,5-6,13H2. The van der Waals surface area contributed by atoms with Gasteiger partial charge in [0.25, 0.3) is 0 Å². The molecule has 1 unspecified atom stereocenters. The molecule has 0 spiro atoms. The second-order valence-corrected chi connectivity index (χ2v) is 4.00. The smallest absolute Gasteiger partial charge is 0.141 e. The van der Waals surface area contributed by atoms with Gasteiger partial charge in [0.2, 0.25) is 0 Å². The van der Waals surface area contributed by atoms with Gasteiger partial charge in [0.05, 0.1) is 12.4 Å². The summed E-state index contributed by atoms with van der Waals surface area (Å²) in [6, 6.07) is 9.02. The van der Waals surface area contributed by atoms with Gasteiger partial charge in [-0.15, -0.1) is 0 Å². The molecular weight excluding hydrogens is 186 g/mol. The molecule has 2 aromatic rings. The van der Waals surface area contributed by atoms with Crippen molar-refractivity contribution in [1.82, 2.24) is 9.55 Å². The number of fused-ring (bicyclic) bond motifs is 1. The van der Waals surface area contributed by atoms with Crippen molar-refractivity contribution in [2.75, 3.05) is 5.73 Å². The zero-order chi connectivity index (χ0) is 10.3. The maximum absolute atomic E-state index is 5.63. The van der Waals surface area contributed by atoms with Crippen LogP contribution in [0.25, 0.3) is 0 Å². The molecule has 76 valence electrons. The molecule has 0 bridgehead atoms. The summed E-state index contributed by atoms with van der Waals surface area (Å²) < 4.78 is 2.11. The number of hydrogen-bond donors (Lipinski definition) is 1. The predicted molar refractivity (Wildman–Crippen MR) is 59.5 cm³/mol. The first-order valence-corrected chi connectivity index (χ1v) is 5.21. The number of aryl methyl sites for hydroxylation is 1. The largest absolute Gasteiger partial charge is 0.382 e. The summed E-state index contributed by atoms with van der Waals surface area (Å²) in [5.74, 6) is 0.597. The number of nitrogen functional groups attached to an aromatic ring is 1. The van der Waals surface area contributed by atoms with Gasteiger partial charge >= 0.3 is 0 Å². The normalized spacial score (nSPS) is 19.1. The molecule has 0 fully saturated rings. The zero-order valence-corrected chi connectivity index (χ0v) is 8.43. The Bertz CT molecular complexity index is 487. The van der Waals surface area contributed by atoms with Crippen molar-refractivity contribution in [2.24, 2.45) is 0 Å².